The summed E-state index contributed by atoms with van der Waals surface area (Å²) in [5.74, 6) is -0.314. The Morgan fingerprint density at radius 1 is 1.37 bits per heavy atom. The van der Waals surface area contributed by atoms with Gasteiger partial charge < -0.3 is 9.15 Å². The number of nitrogens with zero attached hydrogens (tertiary/aromatic N) is 3. The van der Waals surface area contributed by atoms with Crippen LogP contribution < -0.4 is 4.74 Å². The first kappa shape index (κ1) is 18.1. The van der Waals surface area contributed by atoms with Crippen molar-refractivity contribution >= 4 is 17.5 Å². The van der Waals surface area contributed by atoms with Crippen molar-refractivity contribution in [2.75, 3.05) is 0 Å². The number of nitro benzene ring substituents is 1. The maximum atomic E-state index is 13.3. The molecule has 3 rings (SSSR count). The number of rotatable bonds is 7. The zero-order chi connectivity index (χ0) is 19.4. The average Bonchev–Trinajstić information content (AvgIpc) is 3.26. The summed E-state index contributed by atoms with van der Waals surface area (Å²) in [6, 6.07) is 7.77. The number of ether oxygens (including phenoxy) is 1. The van der Waals surface area contributed by atoms with Gasteiger partial charge in [0.05, 0.1) is 4.92 Å². The van der Waals surface area contributed by atoms with Crippen LogP contribution >= 0.6 is 0 Å². The van der Waals surface area contributed by atoms with Crippen LogP contribution in [0.3, 0.4) is 0 Å². The molecular formula is C18H14FN3O5. The Morgan fingerprint density at radius 2 is 2.19 bits per heavy atom. The molecule has 3 aromatic rings. The maximum Gasteiger partial charge on any atom is 0.311 e. The quantitative estimate of drug-likeness (QED) is 0.273. The van der Waals surface area contributed by atoms with Crippen molar-refractivity contribution in [3.63, 3.8) is 0 Å². The first-order chi connectivity index (χ1) is 12.9. The Hall–Kier alpha value is -3.75. The normalized spacial score (nSPS) is 11.0. The van der Waals surface area contributed by atoms with Gasteiger partial charge in [-0.3, -0.25) is 19.6 Å². The maximum absolute atomic E-state index is 13.3. The summed E-state index contributed by atoms with van der Waals surface area (Å²) in [6.45, 7) is -0.131. The fourth-order valence-electron chi connectivity index (χ4n) is 2.32. The van der Waals surface area contributed by atoms with Crippen LogP contribution in [0.2, 0.25) is 0 Å². The van der Waals surface area contributed by atoms with E-state index in [0.717, 1.165) is 18.2 Å². The third-order valence-corrected chi connectivity index (χ3v) is 3.64. The second kappa shape index (κ2) is 7.65. The first-order valence-electron chi connectivity index (χ1n) is 7.80. The van der Waals surface area contributed by atoms with Gasteiger partial charge in [-0.25, -0.2) is 4.39 Å². The lowest BCUT2D eigenvalue weighted by atomic mass is 10.2. The van der Waals surface area contributed by atoms with Crippen LogP contribution in [0.5, 0.6) is 5.75 Å². The molecule has 138 valence electrons. The molecule has 0 aliphatic rings. The van der Waals surface area contributed by atoms with E-state index in [9.17, 15) is 19.3 Å². The average molecular weight is 371 g/mol. The van der Waals surface area contributed by atoms with Crippen molar-refractivity contribution in [1.29, 1.82) is 0 Å². The SMILES string of the molecule is Cn1nccc1C(=O)C=Cc1ccc(COc2cc(F)ccc2[N+](=O)[O-])o1. The molecule has 0 amide bonds. The van der Waals surface area contributed by atoms with E-state index in [2.05, 4.69) is 5.10 Å². The summed E-state index contributed by atoms with van der Waals surface area (Å²) in [5, 5.41) is 14.9. The van der Waals surface area contributed by atoms with Crippen LogP contribution in [0.1, 0.15) is 22.0 Å². The number of aryl methyl sites for hydroxylation is 1. The molecule has 0 saturated heterocycles. The van der Waals surface area contributed by atoms with Crippen molar-refractivity contribution in [3.8, 4) is 5.75 Å². The fourth-order valence-corrected chi connectivity index (χ4v) is 2.32. The van der Waals surface area contributed by atoms with E-state index in [1.165, 1.54) is 23.0 Å². The lowest BCUT2D eigenvalue weighted by molar-refractivity contribution is -0.386. The van der Waals surface area contributed by atoms with Gasteiger partial charge in [-0.2, -0.15) is 5.10 Å². The largest absolute Gasteiger partial charge is 0.479 e. The molecule has 2 heterocycles. The molecule has 0 spiro atoms. The van der Waals surface area contributed by atoms with E-state index in [-0.39, 0.29) is 23.8 Å². The summed E-state index contributed by atoms with van der Waals surface area (Å²) < 4.78 is 25.5. The fraction of sp³-hybridized carbons (Fsp3) is 0.111. The van der Waals surface area contributed by atoms with Crippen molar-refractivity contribution in [3.05, 3.63) is 81.8 Å². The lowest BCUT2D eigenvalue weighted by Crippen LogP contribution is -2.03. The van der Waals surface area contributed by atoms with Crippen LogP contribution in [-0.2, 0) is 13.7 Å². The van der Waals surface area contributed by atoms with E-state index in [0.29, 0.717) is 17.2 Å². The van der Waals surface area contributed by atoms with Gasteiger partial charge >= 0.3 is 5.69 Å². The van der Waals surface area contributed by atoms with E-state index in [1.54, 1.807) is 25.2 Å². The molecule has 27 heavy (non-hydrogen) atoms. The number of aromatic nitrogens is 2. The molecule has 8 nitrogen and oxygen atoms in total. The van der Waals surface area contributed by atoms with E-state index < -0.39 is 10.7 Å². The number of hydrogen-bond donors (Lipinski definition) is 0. The van der Waals surface area contributed by atoms with Crippen LogP contribution in [0, 0.1) is 15.9 Å². The molecule has 0 saturated carbocycles. The number of nitro groups is 1. The van der Waals surface area contributed by atoms with Gasteiger partial charge in [0.2, 0.25) is 5.78 Å². The monoisotopic (exact) mass is 371 g/mol. The summed E-state index contributed by atoms with van der Waals surface area (Å²) in [7, 11) is 1.66. The predicted molar refractivity (Wildman–Crippen MR) is 92.7 cm³/mol. The highest BCUT2D eigenvalue weighted by Crippen LogP contribution is 2.28. The van der Waals surface area contributed by atoms with Crippen molar-refractivity contribution in [2.24, 2.45) is 7.05 Å². The lowest BCUT2D eigenvalue weighted by Gasteiger charge is -2.05. The number of carbonyl (C=O) groups is 1. The molecule has 0 bridgehead atoms. The van der Waals surface area contributed by atoms with Gasteiger partial charge in [0.15, 0.2) is 5.75 Å². The third kappa shape index (κ3) is 4.27. The number of ketones is 1. The van der Waals surface area contributed by atoms with Crippen molar-refractivity contribution < 1.29 is 23.3 Å². The second-order valence-corrected chi connectivity index (χ2v) is 5.50. The highest BCUT2D eigenvalue weighted by molar-refractivity contribution is 6.05. The molecule has 0 atom stereocenters. The molecule has 0 aliphatic carbocycles. The third-order valence-electron chi connectivity index (χ3n) is 3.64. The van der Waals surface area contributed by atoms with Crippen molar-refractivity contribution in [1.82, 2.24) is 9.78 Å². The van der Waals surface area contributed by atoms with Gasteiger partial charge in [0.1, 0.15) is 29.6 Å². The zero-order valence-corrected chi connectivity index (χ0v) is 14.2. The minimum Gasteiger partial charge on any atom is -0.479 e. The number of carbonyl (C=O) groups excluding carboxylic acids is 1. The van der Waals surface area contributed by atoms with Gasteiger partial charge in [-0.15, -0.1) is 0 Å². The molecular weight excluding hydrogens is 357 g/mol. The van der Waals surface area contributed by atoms with Crippen molar-refractivity contribution in [2.45, 2.75) is 6.61 Å². The van der Waals surface area contributed by atoms with E-state index in [1.807, 2.05) is 0 Å². The zero-order valence-electron chi connectivity index (χ0n) is 14.2. The van der Waals surface area contributed by atoms with Crippen LogP contribution in [-0.4, -0.2) is 20.5 Å². The molecule has 2 aromatic heterocycles. The highest BCUT2D eigenvalue weighted by atomic mass is 19.1. The summed E-state index contributed by atoms with van der Waals surface area (Å²) in [6.07, 6.45) is 4.36. The van der Waals surface area contributed by atoms with E-state index in [4.69, 9.17) is 9.15 Å². The van der Waals surface area contributed by atoms with Crippen LogP contribution in [0.4, 0.5) is 10.1 Å². The smallest absolute Gasteiger partial charge is 0.311 e. The number of halogens is 1. The molecule has 0 N–H and O–H groups in total. The Balaban J connectivity index is 1.66. The van der Waals surface area contributed by atoms with Gasteiger partial charge in [0.25, 0.3) is 0 Å². The van der Waals surface area contributed by atoms with Gasteiger partial charge in [0, 0.05) is 25.4 Å². The molecule has 9 heteroatoms. The Bertz CT molecular complexity index is 1020. The topological polar surface area (TPSA) is 100 Å². The Labute approximate surface area is 152 Å². The minimum absolute atomic E-state index is 0.131. The highest BCUT2D eigenvalue weighted by Gasteiger charge is 2.16. The second-order valence-electron chi connectivity index (χ2n) is 5.50. The Kier molecular flexibility index (Phi) is 5.11. The standard InChI is InChI=1S/C18H14FN3O5/c1-21-15(8-9-20-21)17(23)7-5-13-3-4-14(27-13)11-26-18-10-12(19)2-6-16(18)22(24)25/h2-10H,11H2,1H3. The first-order valence-corrected chi connectivity index (χ1v) is 7.80. The minimum atomic E-state index is -0.658. The van der Waals surface area contributed by atoms with Crippen LogP contribution in [0.15, 0.2) is 53.1 Å². The molecule has 1 aromatic carbocycles. The van der Waals surface area contributed by atoms with Crippen LogP contribution in [0.25, 0.3) is 6.08 Å². The molecule has 0 radical (unpaired) electrons. The molecule has 0 aliphatic heterocycles. The number of benzene rings is 1. The Morgan fingerprint density at radius 3 is 2.89 bits per heavy atom. The van der Waals surface area contributed by atoms with Gasteiger partial charge in [-0.05, 0) is 36.4 Å². The predicted octanol–water partition coefficient (Wildman–Crippen LogP) is 3.54. The molecule has 0 unspecified atom stereocenters. The summed E-state index contributed by atoms with van der Waals surface area (Å²) in [5.41, 5.74) is 0.0876. The van der Waals surface area contributed by atoms with E-state index >= 15 is 0 Å². The summed E-state index contributed by atoms with van der Waals surface area (Å²) >= 11 is 0. The summed E-state index contributed by atoms with van der Waals surface area (Å²) in [4.78, 5) is 22.3. The number of furan rings is 1. The molecule has 0 fully saturated rings. The number of hydrogen-bond acceptors (Lipinski definition) is 6. The number of allylic oxidation sites excluding steroid dienone is 1. The van der Waals surface area contributed by atoms with Gasteiger partial charge in [-0.1, -0.05) is 0 Å².